The minimum atomic E-state index is -1.30. The van der Waals surface area contributed by atoms with Gasteiger partial charge in [-0.3, -0.25) is 39.4 Å². The highest BCUT2D eigenvalue weighted by molar-refractivity contribution is 7.99. The summed E-state index contributed by atoms with van der Waals surface area (Å²) in [6, 6.07) is 16.5. The molecule has 2 saturated heterocycles. The van der Waals surface area contributed by atoms with Crippen molar-refractivity contribution in [1.82, 2.24) is 19.6 Å². The van der Waals surface area contributed by atoms with E-state index in [-0.39, 0.29) is 92.3 Å². The molecule has 2 heterocycles. The zero-order chi connectivity index (χ0) is 45.5. The number of hydrogen-bond donors (Lipinski definition) is 2. The fourth-order valence-corrected chi connectivity index (χ4v) is 8.39. The molecule has 2 aliphatic heterocycles. The van der Waals surface area contributed by atoms with Crippen molar-refractivity contribution in [2.75, 3.05) is 52.4 Å². The van der Waals surface area contributed by atoms with E-state index in [1.165, 1.54) is 121 Å². The Hall–Kier alpha value is -7.67. The van der Waals surface area contributed by atoms with Gasteiger partial charge in [-0.2, -0.15) is 0 Å². The zero-order valence-corrected chi connectivity index (χ0v) is 34.8. The summed E-state index contributed by atoms with van der Waals surface area (Å²) in [6.45, 7) is 5.23. The summed E-state index contributed by atoms with van der Waals surface area (Å²) in [7, 11) is 0. The lowest BCUT2D eigenvalue weighted by atomic mass is 9.95. The van der Waals surface area contributed by atoms with Gasteiger partial charge in [0, 0.05) is 78.4 Å². The van der Waals surface area contributed by atoms with Gasteiger partial charge in [0.05, 0.1) is 41.9 Å². The highest BCUT2D eigenvalue weighted by atomic mass is 32.2. The van der Waals surface area contributed by atoms with Gasteiger partial charge in [-0.1, -0.05) is 48.2 Å². The molecule has 63 heavy (non-hydrogen) atoms. The minimum absolute atomic E-state index is 0.0715. The molecular weight excluding hydrogens is 837 g/mol. The molecule has 0 spiro atoms. The van der Waals surface area contributed by atoms with E-state index in [0.29, 0.717) is 37.9 Å². The fraction of sp³-hybridized carbons (Fsp3) is 0.227. The smallest absolute Gasteiger partial charge is 0.335 e. The van der Waals surface area contributed by atoms with Gasteiger partial charge in [0.2, 0.25) is 23.6 Å². The van der Waals surface area contributed by atoms with Crippen molar-refractivity contribution in [3.63, 3.8) is 0 Å². The average Bonchev–Trinajstić information content (AvgIpc) is 3.27. The summed E-state index contributed by atoms with van der Waals surface area (Å²) in [5, 5.41) is 45.9. The number of amides is 4. The molecule has 2 aliphatic rings. The van der Waals surface area contributed by atoms with Crippen molar-refractivity contribution in [1.29, 1.82) is 0 Å². The Bertz CT molecular complexity index is 2430. The first-order valence-electron chi connectivity index (χ1n) is 19.5. The number of aromatic carboxylic acids is 2. The Morgan fingerprint density at radius 2 is 0.905 bits per heavy atom. The Morgan fingerprint density at radius 3 is 1.22 bits per heavy atom. The average molecular weight is 877 g/mol. The van der Waals surface area contributed by atoms with Crippen LogP contribution < -0.4 is 0 Å². The Morgan fingerprint density at radius 1 is 0.556 bits per heavy atom. The molecule has 0 aliphatic carbocycles. The van der Waals surface area contributed by atoms with Crippen LogP contribution in [0.1, 0.15) is 45.7 Å². The standard InChI is InChI=1S/C44H40N6O12S/c1-27(51)45-17-21-47(22-18-45)37(53)15-11-29-9-13-35(41(49(59)60)39(29)31-5-3-7-33(25-31)43(55)56)63-36-14-10-30(12-16-38(54)48-23-19-46(20-24-48)28(2)52)40(42(36)50(61)62)32-6-4-8-34(26-32)44(57)58/h3-16,25-26H,17-24H2,1-2H3,(H,55,56)(H,57,58)/b15-11+,16-12+. The highest BCUT2D eigenvalue weighted by Crippen LogP contribution is 2.48. The summed E-state index contributed by atoms with van der Waals surface area (Å²) in [5.41, 5.74) is -1.05. The van der Waals surface area contributed by atoms with E-state index in [0.717, 1.165) is 0 Å². The maximum atomic E-state index is 13.3. The molecule has 2 fully saturated rings. The van der Waals surface area contributed by atoms with E-state index in [9.17, 15) is 59.2 Å². The molecule has 0 saturated carbocycles. The van der Waals surface area contributed by atoms with Gasteiger partial charge < -0.3 is 29.8 Å². The lowest BCUT2D eigenvalue weighted by molar-refractivity contribution is -0.387. The lowest BCUT2D eigenvalue weighted by Crippen LogP contribution is -2.49. The van der Waals surface area contributed by atoms with E-state index < -0.39 is 45.0 Å². The first-order valence-corrected chi connectivity index (χ1v) is 20.3. The quantitative estimate of drug-likeness (QED) is 0.0974. The summed E-state index contributed by atoms with van der Waals surface area (Å²) in [5.74, 6) is -3.70. The van der Waals surface area contributed by atoms with Crippen LogP contribution in [0.2, 0.25) is 0 Å². The Labute approximate surface area is 364 Å². The monoisotopic (exact) mass is 876 g/mol. The zero-order valence-electron chi connectivity index (χ0n) is 34.0. The third-order valence-corrected chi connectivity index (χ3v) is 11.7. The van der Waals surface area contributed by atoms with E-state index in [4.69, 9.17) is 0 Å². The van der Waals surface area contributed by atoms with Crippen LogP contribution in [0.4, 0.5) is 11.4 Å². The lowest BCUT2D eigenvalue weighted by Gasteiger charge is -2.33. The second-order valence-corrected chi connectivity index (χ2v) is 15.6. The van der Waals surface area contributed by atoms with Gasteiger partial charge in [-0.15, -0.1) is 0 Å². The summed E-state index contributed by atoms with van der Waals surface area (Å²) in [4.78, 5) is 105. The number of rotatable bonds is 12. The number of carbonyl (C=O) groups is 6. The molecule has 6 rings (SSSR count). The van der Waals surface area contributed by atoms with Gasteiger partial charge in [0.25, 0.3) is 11.4 Å². The van der Waals surface area contributed by atoms with Crippen LogP contribution in [0.25, 0.3) is 34.4 Å². The van der Waals surface area contributed by atoms with Crippen molar-refractivity contribution in [2.24, 2.45) is 0 Å². The molecule has 0 bridgehead atoms. The van der Waals surface area contributed by atoms with Gasteiger partial charge >= 0.3 is 11.9 Å². The molecule has 19 heteroatoms. The fourth-order valence-electron chi connectivity index (χ4n) is 7.34. The van der Waals surface area contributed by atoms with Crippen LogP contribution in [0, 0.1) is 20.2 Å². The molecule has 18 nitrogen and oxygen atoms in total. The predicted octanol–water partition coefficient (Wildman–Crippen LogP) is 5.79. The number of hydrogen-bond acceptors (Lipinski definition) is 11. The van der Waals surface area contributed by atoms with E-state index in [2.05, 4.69) is 0 Å². The summed E-state index contributed by atoms with van der Waals surface area (Å²) < 4.78 is 0. The van der Waals surface area contributed by atoms with E-state index >= 15 is 0 Å². The van der Waals surface area contributed by atoms with Gasteiger partial charge in [-0.25, -0.2) is 9.59 Å². The third kappa shape index (κ3) is 10.3. The molecule has 0 atom stereocenters. The first-order chi connectivity index (χ1) is 30.0. The third-order valence-electron chi connectivity index (χ3n) is 10.6. The number of piperazine rings is 2. The second-order valence-electron chi connectivity index (χ2n) is 14.5. The molecular formula is C44H40N6O12S. The van der Waals surface area contributed by atoms with E-state index in [1.54, 1.807) is 9.80 Å². The Balaban J connectivity index is 1.46. The molecule has 4 aromatic carbocycles. The predicted molar refractivity (Wildman–Crippen MR) is 231 cm³/mol. The molecule has 4 amide bonds. The highest BCUT2D eigenvalue weighted by Gasteiger charge is 2.31. The number of carboxylic acids is 2. The van der Waals surface area contributed by atoms with E-state index in [1.807, 2.05) is 0 Å². The van der Waals surface area contributed by atoms with Crippen molar-refractivity contribution in [3.8, 4) is 22.3 Å². The molecule has 0 unspecified atom stereocenters. The molecule has 2 N–H and O–H groups in total. The molecule has 4 aromatic rings. The topological polar surface area (TPSA) is 242 Å². The van der Waals surface area contributed by atoms with Crippen molar-refractivity contribution in [3.05, 3.63) is 127 Å². The largest absolute Gasteiger partial charge is 0.478 e. The van der Waals surface area contributed by atoms with Gasteiger partial charge in [-0.05, 0) is 70.8 Å². The van der Waals surface area contributed by atoms with Gasteiger partial charge in [0.1, 0.15) is 0 Å². The van der Waals surface area contributed by atoms with Crippen molar-refractivity contribution >= 4 is 70.9 Å². The number of nitro benzene ring substituents is 2. The van der Waals surface area contributed by atoms with Crippen LogP contribution in [0.15, 0.2) is 94.7 Å². The van der Waals surface area contributed by atoms with Gasteiger partial charge in [0.15, 0.2) is 0 Å². The summed E-state index contributed by atoms with van der Waals surface area (Å²) in [6.07, 6.45) is 5.19. The van der Waals surface area contributed by atoms with Crippen molar-refractivity contribution in [2.45, 2.75) is 23.6 Å². The Kier molecular flexibility index (Phi) is 13.8. The number of benzene rings is 4. The van der Waals surface area contributed by atoms with Crippen LogP contribution >= 0.6 is 11.8 Å². The van der Waals surface area contributed by atoms with Crippen LogP contribution in [0.5, 0.6) is 0 Å². The summed E-state index contributed by atoms with van der Waals surface area (Å²) >= 11 is 0.674. The minimum Gasteiger partial charge on any atom is -0.478 e. The molecule has 324 valence electrons. The second kappa shape index (κ2) is 19.4. The normalized spacial score (nSPS) is 14.3. The first kappa shape index (κ1) is 44.9. The maximum absolute atomic E-state index is 13.3. The number of carbonyl (C=O) groups excluding carboxylic acids is 4. The number of carboxylic acid groups (broad SMARTS) is 2. The SMILES string of the molecule is CC(=O)N1CCN(C(=O)/C=C/c2ccc(Sc3ccc(/C=C/C(=O)N4CCN(C(C)=O)CC4)c(-c4cccc(C(=O)O)c4)c3[N+](=O)[O-])c([N+](=O)[O-])c2-c2cccc(C(=O)O)c2)CC1. The van der Waals surface area contributed by atoms with Crippen LogP contribution in [-0.4, -0.2) is 128 Å². The maximum Gasteiger partial charge on any atom is 0.335 e. The number of nitro groups is 2. The van der Waals surface area contributed by atoms with Crippen molar-refractivity contribution < 1.29 is 48.8 Å². The van der Waals surface area contributed by atoms with Crippen LogP contribution in [0.3, 0.4) is 0 Å². The molecule has 0 radical (unpaired) electrons. The number of nitrogens with zero attached hydrogens (tertiary/aromatic N) is 6. The van der Waals surface area contributed by atoms with Crippen LogP contribution in [-0.2, 0) is 19.2 Å². The molecule has 0 aromatic heterocycles.